The van der Waals surface area contributed by atoms with Gasteiger partial charge in [-0.05, 0) is 6.42 Å². The number of carbonyl (C=O) groups is 2. The van der Waals surface area contributed by atoms with E-state index in [2.05, 4.69) is 6.92 Å². The summed E-state index contributed by atoms with van der Waals surface area (Å²) in [6.07, 6.45) is 9.47. The molecule has 0 fully saturated rings. The highest BCUT2D eigenvalue weighted by Crippen LogP contribution is 2.41. The molecule has 0 spiro atoms. The molecule has 0 unspecified atom stereocenters. The Bertz CT molecular complexity index is 904. The number of ether oxygens (including phenoxy) is 1. The summed E-state index contributed by atoms with van der Waals surface area (Å²) in [4.78, 5) is 25.7. The Balaban J connectivity index is 1.65. The smallest absolute Gasteiger partial charge is 0.198 e. The van der Waals surface area contributed by atoms with Crippen LogP contribution in [0.5, 0.6) is 11.5 Å². The monoisotopic (exact) mass is 395 g/mol. The number of ketones is 2. The number of phenols is 1. The van der Waals surface area contributed by atoms with Crippen molar-refractivity contribution in [1.82, 2.24) is 0 Å². The Morgan fingerprint density at radius 3 is 2.03 bits per heavy atom. The van der Waals surface area contributed by atoms with Gasteiger partial charge >= 0.3 is 0 Å². The molecule has 29 heavy (non-hydrogen) atoms. The lowest BCUT2D eigenvalue weighted by atomic mass is 9.82. The lowest BCUT2D eigenvalue weighted by Gasteiger charge is -2.21. The Labute approximate surface area is 171 Å². The molecule has 0 heterocycles. The van der Waals surface area contributed by atoms with E-state index in [0.29, 0.717) is 12.2 Å². The van der Waals surface area contributed by atoms with Crippen LogP contribution >= 0.6 is 0 Å². The zero-order valence-corrected chi connectivity index (χ0v) is 17.0. The van der Waals surface area contributed by atoms with E-state index in [-0.39, 0.29) is 39.7 Å². The van der Waals surface area contributed by atoms with Crippen LogP contribution in [0.1, 0.15) is 90.1 Å². The molecule has 0 atom stereocenters. The van der Waals surface area contributed by atoms with Crippen molar-refractivity contribution in [2.75, 3.05) is 12.3 Å². The Morgan fingerprint density at radius 1 is 0.862 bits per heavy atom. The Morgan fingerprint density at radius 2 is 1.41 bits per heavy atom. The van der Waals surface area contributed by atoms with E-state index in [0.717, 1.165) is 12.8 Å². The molecule has 0 amide bonds. The van der Waals surface area contributed by atoms with E-state index in [4.69, 9.17) is 10.5 Å². The molecule has 3 N–H and O–H groups in total. The summed E-state index contributed by atoms with van der Waals surface area (Å²) in [6, 6.07) is 7.92. The molecule has 0 saturated carbocycles. The maximum atomic E-state index is 12.9. The van der Waals surface area contributed by atoms with Gasteiger partial charge < -0.3 is 15.6 Å². The van der Waals surface area contributed by atoms with Crippen molar-refractivity contribution in [2.45, 2.75) is 58.3 Å². The number of benzene rings is 2. The highest BCUT2D eigenvalue weighted by molar-refractivity contribution is 6.31. The molecule has 0 aromatic heterocycles. The van der Waals surface area contributed by atoms with Crippen molar-refractivity contribution in [3.8, 4) is 11.5 Å². The summed E-state index contributed by atoms with van der Waals surface area (Å²) in [5.74, 6) is -0.771. The van der Waals surface area contributed by atoms with Gasteiger partial charge in [0, 0.05) is 17.2 Å². The molecule has 2 aromatic carbocycles. The predicted octanol–water partition coefficient (Wildman–Crippen LogP) is 5.27. The van der Waals surface area contributed by atoms with E-state index in [1.54, 1.807) is 24.3 Å². The standard InChI is InChI=1S/C24H29NO4/c1-2-3-4-5-6-7-8-11-14-29-19-15-18(26)20-21(22(19)25)24(28)17-13-10-9-12-16(17)23(20)27/h9-10,12-13,15,26H,2-8,11,14,25H2,1H3. The largest absolute Gasteiger partial charge is 0.507 e. The van der Waals surface area contributed by atoms with Gasteiger partial charge in [0.05, 0.1) is 23.4 Å². The fourth-order valence-corrected chi connectivity index (χ4v) is 3.81. The molecule has 0 radical (unpaired) electrons. The normalized spacial score (nSPS) is 12.6. The predicted molar refractivity (Wildman–Crippen MR) is 114 cm³/mol. The number of nitrogens with two attached hydrogens (primary N) is 1. The van der Waals surface area contributed by atoms with Crippen molar-refractivity contribution >= 4 is 17.3 Å². The average Bonchev–Trinajstić information content (AvgIpc) is 2.72. The molecule has 2 aromatic rings. The van der Waals surface area contributed by atoms with Crippen molar-refractivity contribution in [1.29, 1.82) is 0 Å². The molecule has 0 saturated heterocycles. The second kappa shape index (κ2) is 9.59. The fraction of sp³-hybridized carbons (Fsp3) is 0.417. The topological polar surface area (TPSA) is 89.6 Å². The summed E-state index contributed by atoms with van der Waals surface area (Å²) in [5, 5.41) is 10.4. The molecular weight excluding hydrogens is 366 g/mol. The molecule has 5 nitrogen and oxygen atoms in total. The number of aromatic hydroxyl groups is 1. The van der Waals surface area contributed by atoms with E-state index in [9.17, 15) is 14.7 Å². The van der Waals surface area contributed by atoms with Gasteiger partial charge in [0.15, 0.2) is 11.6 Å². The van der Waals surface area contributed by atoms with Crippen LogP contribution in [0.15, 0.2) is 30.3 Å². The van der Waals surface area contributed by atoms with Crippen LogP contribution in [0.4, 0.5) is 5.69 Å². The summed E-state index contributed by atoms with van der Waals surface area (Å²) in [6.45, 7) is 2.67. The number of unbranched alkanes of at least 4 members (excludes halogenated alkanes) is 7. The van der Waals surface area contributed by atoms with Crippen LogP contribution in [-0.4, -0.2) is 23.3 Å². The van der Waals surface area contributed by atoms with Crippen molar-refractivity contribution in [2.24, 2.45) is 0 Å². The quantitative estimate of drug-likeness (QED) is 0.277. The van der Waals surface area contributed by atoms with Gasteiger partial charge in [-0.3, -0.25) is 9.59 Å². The Hall–Kier alpha value is -2.82. The second-order valence-corrected chi connectivity index (χ2v) is 7.58. The first-order chi connectivity index (χ1) is 14.1. The number of carbonyl (C=O) groups excluding carboxylic acids is 2. The zero-order valence-electron chi connectivity index (χ0n) is 17.0. The number of anilines is 1. The molecule has 1 aliphatic rings. The van der Waals surface area contributed by atoms with Crippen molar-refractivity contribution < 1.29 is 19.4 Å². The molecule has 5 heteroatoms. The van der Waals surface area contributed by atoms with Gasteiger partial charge in [0.1, 0.15) is 11.5 Å². The molecule has 1 aliphatic carbocycles. The summed E-state index contributed by atoms with van der Waals surface area (Å²) >= 11 is 0. The SMILES string of the molecule is CCCCCCCCCCOc1cc(O)c2c(c1N)C(=O)c1ccccc1C2=O. The number of phenolic OH excluding ortho intramolecular Hbond substituents is 1. The molecule has 0 aliphatic heterocycles. The average molecular weight is 395 g/mol. The van der Waals surface area contributed by atoms with Gasteiger partial charge in [-0.25, -0.2) is 0 Å². The maximum absolute atomic E-state index is 12.9. The van der Waals surface area contributed by atoms with Crippen LogP contribution in [-0.2, 0) is 0 Å². The lowest BCUT2D eigenvalue weighted by molar-refractivity contribution is 0.0977. The Kier molecular flexibility index (Phi) is 6.91. The van der Waals surface area contributed by atoms with Gasteiger partial charge in [0.25, 0.3) is 0 Å². The number of hydrogen-bond acceptors (Lipinski definition) is 5. The van der Waals surface area contributed by atoms with Crippen LogP contribution in [0.3, 0.4) is 0 Å². The van der Waals surface area contributed by atoms with E-state index < -0.39 is 5.78 Å². The summed E-state index contributed by atoms with van der Waals surface area (Å²) < 4.78 is 5.75. The summed E-state index contributed by atoms with van der Waals surface area (Å²) in [5.41, 5.74) is 6.89. The number of fused-ring (bicyclic) bond motifs is 2. The van der Waals surface area contributed by atoms with Gasteiger partial charge in [-0.1, -0.05) is 76.1 Å². The fourth-order valence-electron chi connectivity index (χ4n) is 3.81. The third-order valence-corrected chi connectivity index (χ3v) is 5.43. The highest BCUT2D eigenvalue weighted by atomic mass is 16.5. The van der Waals surface area contributed by atoms with Crippen LogP contribution < -0.4 is 10.5 Å². The highest BCUT2D eigenvalue weighted by Gasteiger charge is 2.35. The van der Waals surface area contributed by atoms with Crippen LogP contribution in [0.2, 0.25) is 0 Å². The van der Waals surface area contributed by atoms with Gasteiger partial charge in [-0.15, -0.1) is 0 Å². The van der Waals surface area contributed by atoms with Crippen molar-refractivity contribution in [3.63, 3.8) is 0 Å². The molecule has 3 rings (SSSR count). The zero-order chi connectivity index (χ0) is 20.8. The van der Waals surface area contributed by atoms with E-state index >= 15 is 0 Å². The van der Waals surface area contributed by atoms with Gasteiger partial charge in [-0.2, -0.15) is 0 Å². The van der Waals surface area contributed by atoms with Crippen molar-refractivity contribution in [3.05, 3.63) is 52.6 Å². The molecule has 154 valence electrons. The minimum atomic E-state index is -0.394. The molecule has 0 bridgehead atoms. The first-order valence-corrected chi connectivity index (χ1v) is 10.5. The number of rotatable bonds is 10. The third kappa shape index (κ3) is 4.44. The number of hydrogen-bond donors (Lipinski definition) is 2. The first kappa shape index (κ1) is 20.9. The van der Waals surface area contributed by atoms with E-state index in [1.165, 1.54) is 44.6 Å². The molecular formula is C24H29NO4. The van der Waals surface area contributed by atoms with Crippen LogP contribution in [0.25, 0.3) is 0 Å². The first-order valence-electron chi connectivity index (χ1n) is 10.5. The summed E-state index contributed by atoms with van der Waals surface area (Å²) in [7, 11) is 0. The second-order valence-electron chi connectivity index (χ2n) is 7.58. The van der Waals surface area contributed by atoms with Crippen LogP contribution in [0, 0.1) is 0 Å². The van der Waals surface area contributed by atoms with Gasteiger partial charge in [0.2, 0.25) is 0 Å². The lowest BCUT2D eigenvalue weighted by Crippen LogP contribution is -2.23. The minimum absolute atomic E-state index is 0.0365. The number of nitrogen functional groups attached to an aromatic ring is 1. The van der Waals surface area contributed by atoms with E-state index in [1.807, 2.05) is 0 Å². The third-order valence-electron chi connectivity index (χ3n) is 5.43. The minimum Gasteiger partial charge on any atom is -0.507 e. The maximum Gasteiger partial charge on any atom is 0.198 e.